The fourth-order valence-electron chi connectivity index (χ4n) is 4.13. The number of hydrogen-bond donors (Lipinski definition) is 1. The number of nitrogens with zero attached hydrogens (tertiary/aromatic N) is 4. The number of aromatic amines is 1. The third-order valence-electron chi connectivity index (χ3n) is 6.18. The van der Waals surface area contributed by atoms with Crippen molar-refractivity contribution in [3.8, 4) is 11.1 Å². The summed E-state index contributed by atoms with van der Waals surface area (Å²) in [5.74, 6) is 1.51. The van der Waals surface area contributed by atoms with Crippen LogP contribution in [0.2, 0.25) is 0 Å². The summed E-state index contributed by atoms with van der Waals surface area (Å²) in [6.45, 7) is 12.7. The number of aryl methyl sites for hydroxylation is 1. The SMILES string of the molecule is C=C/C(=C\c1c(-c2ccc3ncn(C(C)(C)C)c3c2)c[nH]c1C)c1cnc(C2CC2)nc1. The largest absolute Gasteiger partial charge is 0.364 e. The van der Waals surface area contributed by atoms with Crippen LogP contribution in [0.4, 0.5) is 0 Å². The number of imidazole rings is 1. The first-order chi connectivity index (χ1) is 15.3. The van der Waals surface area contributed by atoms with Gasteiger partial charge in [0.1, 0.15) is 5.82 Å². The van der Waals surface area contributed by atoms with Crippen LogP contribution < -0.4 is 0 Å². The molecule has 1 saturated carbocycles. The Morgan fingerprint density at radius 2 is 1.91 bits per heavy atom. The molecule has 0 aliphatic heterocycles. The van der Waals surface area contributed by atoms with Crippen molar-refractivity contribution in [1.82, 2.24) is 24.5 Å². The van der Waals surface area contributed by atoms with Crippen LogP contribution >= 0.6 is 0 Å². The average molecular weight is 424 g/mol. The molecule has 4 aromatic rings. The van der Waals surface area contributed by atoms with Crippen molar-refractivity contribution >= 4 is 22.7 Å². The molecule has 0 radical (unpaired) electrons. The summed E-state index contributed by atoms with van der Waals surface area (Å²) in [7, 11) is 0. The van der Waals surface area contributed by atoms with Gasteiger partial charge in [0, 0.05) is 52.4 Å². The summed E-state index contributed by atoms with van der Waals surface area (Å²) in [6, 6.07) is 6.47. The molecule has 32 heavy (non-hydrogen) atoms. The van der Waals surface area contributed by atoms with E-state index in [1.807, 2.05) is 24.8 Å². The lowest BCUT2D eigenvalue weighted by Gasteiger charge is -2.21. The van der Waals surface area contributed by atoms with Gasteiger partial charge >= 0.3 is 0 Å². The fraction of sp³-hybridized carbons (Fsp3) is 0.296. The summed E-state index contributed by atoms with van der Waals surface area (Å²) >= 11 is 0. The molecule has 3 aromatic heterocycles. The minimum absolute atomic E-state index is 0.0349. The van der Waals surface area contributed by atoms with Gasteiger partial charge in [0.05, 0.1) is 17.4 Å². The molecule has 1 fully saturated rings. The number of benzene rings is 1. The summed E-state index contributed by atoms with van der Waals surface area (Å²) in [5.41, 5.74) is 8.67. The van der Waals surface area contributed by atoms with E-state index < -0.39 is 0 Å². The van der Waals surface area contributed by atoms with Crippen molar-refractivity contribution in [3.05, 3.63) is 78.4 Å². The second-order valence-electron chi connectivity index (χ2n) is 9.64. The van der Waals surface area contributed by atoms with Gasteiger partial charge in [0.15, 0.2) is 0 Å². The minimum Gasteiger partial charge on any atom is -0.364 e. The standard InChI is InChI=1S/C27H29N5/c1-6-18(21-13-29-26(30-14-21)19-7-8-19)11-22-17(2)28-15-23(22)20-9-10-24-25(12-20)32(16-31-24)27(3,4)5/h6,9-16,19,28H,1,7-8H2,2-5H3/b18-11+. The molecule has 0 unspecified atom stereocenters. The molecule has 0 bridgehead atoms. The third kappa shape index (κ3) is 3.68. The number of nitrogens with one attached hydrogen (secondary N) is 1. The quantitative estimate of drug-likeness (QED) is 0.373. The van der Waals surface area contributed by atoms with Crippen molar-refractivity contribution in [3.63, 3.8) is 0 Å². The molecule has 1 aliphatic rings. The highest BCUT2D eigenvalue weighted by Crippen LogP contribution is 2.38. The van der Waals surface area contributed by atoms with E-state index >= 15 is 0 Å². The van der Waals surface area contributed by atoms with E-state index in [0.29, 0.717) is 5.92 Å². The van der Waals surface area contributed by atoms with E-state index in [1.165, 1.54) is 12.8 Å². The van der Waals surface area contributed by atoms with Crippen molar-refractivity contribution in [2.45, 2.75) is 52.0 Å². The van der Waals surface area contributed by atoms with E-state index in [9.17, 15) is 0 Å². The summed E-state index contributed by atoms with van der Waals surface area (Å²) in [5, 5.41) is 0. The Morgan fingerprint density at radius 1 is 1.16 bits per heavy atom. The van der Waals surface area contributed by atoms with Gasteiger partial charge in [-0.2, -0.15) is 0 Å². The second-order valence-corrected chi connectivity index (χ2v) is 9.64. The number of H-pyrrole nitrogens is 1. The van der Waals surface area contributed by atoms with Gasteiger partial charge in [-0.05, 0) is 69.9 Å². The average Bonchev–Trinajstić information content (AvgIpc) is 3.43. The normalized spacial score (nSPS) is 14.8. The van der Waals surface area contributed by atoms with Crippen LogP contribution in [0.3, 0.4) is 0 Å². The van der Waals surface area contributed by atoms with Crippen molar-refractivity contribution in [2.75, 3.05) is 0 Å². The number of aromatic nitrogens is 5. The zero-order valence-corrected chi connectivity index (χ0v) is 19.2. The maximum Gasteiger partial charge on any atom is 0.131 e. The van der Waals surface area contributed by atoms with E-state index in [2.05, 4.69) is 89.2 Å². The van der Waals surface area contributed by atoms with Gasteiger partial charge < -0.3 is 9.55 Å². The van der Waals surface area contributed by atoms with Gasteiger partial charge in [0.2, 0.25) is 0 Å². The molecule has 0 atom stereocenters. The second kappa shape index (κ2) is 7.59. The highest BCUT2D eigenvalue weighted by atomic mass is 15.1. The Labute approximate surface area is 189 Å². The van der Waals surface area contributed by atoms with Gasteiger partial charge in [-0.1, -0.05) is 18.7 Å². The van der Waals surface area contributed by atoms with Gasteiger partial charge in [-0.25, -0.2) is 15.0 Å². The van der Waals surface area contributed by atoms with Crippen LogP contribution in [0, 0.1) is 6.92 Å². The zero-order chi connectivity index (χ0) is 22.5. The smallest absolute Gasteiger partial charge is 0.131 e. The Hall–Kier alpha value is -3.47. The molecule has 0 saturated heterocycles. The van der Waals surface area contributed by atoms with Gasteiger partial charge in [-0.3, -0.25) is 0 Å². The lowest BCUT2D eigenvalue weighted by molar-refractivity contribution is 0.408. The molecule has 5 heteroatoms. The van der Waals surface area contributed by atoms with Crippen molar-refractivity contribution in [2.24, 2.45) is 0 Å². The molecule has 3 heterocycles. The summed E-state index contributed by atoms with van der Waals surface area (Å²) in [6.07, 6.45) is 14.3. The van der Waals surface area contributed by atoms with Crippen LogP contribution in [0.5, 0.6) is 0 Å². The van der Waals surface area contributed by atoms with Crippen LogP contribution in [0.1, 0.15) is 62.2 Å². The highest BCUT2D eigenvalue weighted by molar-refractivity contribution is 5.93. The lowest BCUT2D eigenvalue weighted by atomic mass is 9.98. The van der Waals surface area contributed by atoms with Gasteiger partial charge in [-0.15, -0.1) is 0 Å². The molecule has 1 N–H and O–H groups in total. The number of fused-ring (bicyclic) bond motifs is 1. The molecule has 5 nitrogen and oxygen atoms in total. The predicted octanol–water partition coefficient (Wildman–Crippen LogP) is 6.49. The first-order valence-corrected chi connectivity index (χ1v) is 11.2. The van der Waals surface area contributed by atoms with Crippen LogP contribution in [-0.2, 0) is 5.54 Å². The number of rotatable bonds is 5. The first kappa shape index (κ1) is 20.4. The molecule has 1 aliphatic carbocycles. The Morgan fingerprint density at radius 3 is 2.56 bits per heavy atom. The Balaban J connectivity index is 1.57. The van der Waals surface area contributed by atoms with E-state index in [4.69, 9.17) is 0 Å². The van der Waals surface area contributed by atoms with Crippen molar-refractivity contribution in [1.29, 1.82) is 0 Å². The topological polar surface area (TPSA) is 59.4 Å². The molecule has 5 rings (SSSR count). The molecular formula is C27H29N5. The van der Waals surface area contributed by atoms with Crippen LogP contribution in [0.25, 0.3) is 33.8 Å². The number of allylic oxidation sites excluding steroid dienone is 2. The maximum atomic E-state index is 4.59. The Kier molecular flexibility index (Phi) is 4.85. The van der Waals surface area contributed by atoms with Gasteiger partial charge in [0.25, 0.3) is 0 Å². The van der Waals surface area contributed by atoms with Crippen LogP contribution in [0.15, 0.2) is 55.8 Å². The van der Waals surface area contributed by atoms with E-state index in [-0.39, 0.29) is 5.54 Å². The summed E-state index contributed by atoms with van der Waals surface area (Å²) in [4.78, 5) is 17.2. The molecule has 0 spiro atoms. The fourth-order valence-corrected chi connectivity index (χ4v) is 4.13. The minimum atomic E-state index is -0.0349. The highest BCUT2D eigenvalue weighted by Gasteiger charge is 2.26. The molecular weight excluding hydrogens is 394 g/mol. The third-order valence-corrected chi connectivity index (χ3v) is 6.18. The Bertz CT molecular complexity index is 1320. The predicted molar refractivity (Wildman–Crippen MR) is 131 cm³/mol. The lowest BCUT2D eigenvalue weighted by Crippen LogP contribution is -2.20. The molecule has 1 aromatic carbocycles. The maximum absolute atomic E-state index is 4.59. The zero-order valence-electron chi connectivity index (χ0n) is 19.2. The van der Waals surface area contributed by atoms with Crippen molar-refractivity contribution < 1.29 is 0 Å². The summed E-state index contributed by atoms with van der Waals surface area (Å²) < 4.78 is 2.23. The molecule has 0 amide bonds. The van der Waals surface area contributed by atoms with E-state index in [1.54, 1.807) is 0 Å². The van der Waals surface area contributed by atoms with E-state index in [0.717, 1.165) is 50.4 Å². The molecule has 162 valence electrons. The number of hydrogen-bond acceptors (Lipinski definition) is 3. The van der Waals surface area contributed by atoms with Crippen LogP contribution in [-0.4, -0.2) is 24.5 Å². The first-order valence-electron chi connectivity index (χ1n) is 11.2. The monoisotopic (exact) mass is 423 g/mol.